The Hall–Kier alpha value is -1.51. The van der Waals surface area contributed by atoms with E-state index in [-0.39, 0.29) is 49.0 Å². The smallest absolute Gasteiger partial charge is 0.243 e. The average molecular weight is 301 g/mol. The molecule has 0 aliphatic carbocycles. The van der Waals surface area contributed by atoms with Crippen LogP contribution in [0.3, 0.4) is 0 Å². The van der Waals surface area contributed by atoms with E-state index < -0.39 is 15.8 Å². The summed E-state index contributed by atoms with van der Waals surface area (Å²) in [5.74, 6) is -0.835. The SMILES string of the molecule is NCc1c(F)cccc1S(=O)(=O)N1CCNC(=O)CC1. The second-order valence-corrected chi connectivity index (χ2v) is 6.33. The monoisotopic (exact) mass is 301 g/mol. The molecule has 1 aliphatic heterocycles. The lowest BCUT2D eigenvalue weighted by molar-refractivity contribution is -0.120. The van der Waals surface area contributed by atoms with Crippen molar-refractivity contribution < 1.29 is 17.6 Å². The molecule has 6 nitrogen and oxygen atoms in total. The highest BCUT2D eigenvalue weighted by Crippen LogP contribution is 2.22. The molecule has 0 bridgehead atoms. The zero-order valence-corrected chi connectivity index (χ0v) is 11.6. The Morgan fingerprint density at radius 1 is 1.35 bits per heavy atom. The fourth-order valence-corrected chi connectivity index (χ4v) is 3.79. The first-order chi connectivity index (χ1) is 9.46. The van der Waals surface area contributed by atoms with Crippen molar-refractivity contribution in [2.45, 2.75) is 17.9 Å². The van der Waals surface area contributed by atoms with E-state index in [0.717, 1.165) is 0 Å². The predicted octanol–water partition coefficient (Wildman–Crippen LogP) is -0.205. The molecule has 1 aromatic carbocycles. The van der Waals surface area contributed by atoms with Crippen molar-refractivity contribution in [3.05, 3.63) is 29.6 Å². The molecule has 110 valence electrons. The highest BCUT2D eigenvalue weighted by atomic mass is 32.2. The number of rotatable bonds is 3. The maximum Gasteiger partial charge on any atom is 0.243 e. The lowest BCUT2D eigenvalue weighted by Gasteiger charge is -2.21. The minimum absolute atomic E-state index is 0.0315. The summed E-state index contributed by atoms with van der Waals surface area (Å²) in [6.07, 6.45) is 0.0898. The first kappa shape index (κ1) is 14.9. The number of halogens is 1. The van der Waals surface area contributed by atoms with Crippen LogP contribution < -0.4 is 11.1 Å². The summed E-state index contributed by atoms with van der Waals surface area (Å²) in [6, 6.07) is 3.85. The van der Waals surface area contributed by atoms with E-state index >= 15 is 0 Å². The van der Waals surface area contributed by atoms with Gasteiger partial charge in [-0.25, -0.2) is 12.8 Å². The third kappa shape index (κ3) is 2.82. The summed E-state index contributed by atoms with van der Waals surface area (Å²) in [6.45, 7) is 0.279. The van der Waals surface area contributed by atoms with E-state index in [9.17, 15) is 17.6 Å². The van der Waals surface area contributed by atoms with Gasteiger partial charge >= 0.3 is 0 Å². The minimum Gasteiger partial charge on any atom is -0.355 e. The van der Waals surface area contributed by atoms with E-state index in [1.54, 1.807) is 0 Å². The molecule has 1 aromatic rings. The van der Waals surface area contributed by atoms with Crippen LogP contribution in [0.15, 0.2) is 23.1 Å². The number of amides is 1. The molecule has 3 N–H and O–H groups in total. The molecule has 0 radical (unpaired) electrons. The molecule has 0 saturated carbocycles. The van der Waals surface area contributed by atoms with Crippen molar-refractivity contribution in [3.8, 4) is 0 Å². The molecular formula is C12H16FN3O3S. The Morgan fingerprint density at radius 2 is 2.10 bits per heavy atom. The Labute approximate surface area is 116 Å². The number of hydrogen-bond donors (Lipinski definition) is 2. The number of hydrogen-bond acceptors (Lipinski definition) is 4. The highest BCUT2D eigenvalue weighted by Gasteiger charge is 2.29. The summed E-state index contributed by atoms with van der Waals surface area (Å²) >= 11 is 0. The Bertz CT molecular complexity index is 618. The Morgan fingerprint density at radius 3 is 2.80 bits per heavy atom. The van der Waals surface area contributed by atoms with Gasteiger partial charge in [0.25, 0.3) is 0 Å². The normalized spacial score (nSPS) is 17.6. The second-order valence-electron chi connectivity index (χ2n) is 4.42. The summed E-state index contributed by atoms with van der Waals surface area (Å²) in [5.41, 5.74) is 5.41. The maximum absolute atomic E-state index is 13.7. The van der Waals surface area contributed by atoms with Crippen molar-refractivity contribution in [3.63, 3.8) is 0 Å². The molecule has 8 heteroatoms. The van der Waals surface area contributed by atoms with Gasteiger partial charge in [-0.2, -0.15) is 4.31 Å². The zero-order chi connectivity index (χ0) is 14.8. The number of nitrogens with one attached hydrogen (secondary N) is 1. The van der Waals surface area contributed by atoms with E-state index in [2.05, 4.69) is 5.32 Å². The number of nitrogens with zero attached hydrogens (tertiary/aromatic N) is 1. The van der Waals surface area contributed by atoms with Crippen molar-refractivity contribution in [1.82, 2.24) is 9.62 Å². The summed E-state index contributed by atoms with van der Waals surface area (Å²) in [4.78, 5) is 11.1. The van der Waals surface area contributed by atoms with Gasteiger partial charge in [-0.15, -0.1) is 0 Å². The second kappa shape index (κ2) is 5.86. The van der Waals surface area contributed by atoms with Crippen LogP contribution in [0, 0.1) is 5.82 Å². The average Bonchev–Trinajstić information content (AvgIpc) is 2.63. The third-order valence-electron chi connectivity index (χ3n) is 3.17. The van der Waals surface area contributed by atoms with Gasteiger partial charge in [0.2, 0.25) is 15.9 Å². The van der Waals surface area contributed by atoms with Crippen molar-refractivity contribution in [2.24, 2.45) is 5.73 Å². The summed E-state index contributed by atoms with van der Waals surface area (Å²) in [5, 5.41) is 2.59. The van der Waals surface area contributed by atoms with Crippen molar-refractivity contribution in [2.75, 3.05) is 19.6 Å². The molecule has 1 saturated heterocycles. The van der Waals surface area contributed by atoms with Crippen molar-refractivity contribution in [1.29, 1.82) is 0 Å². The lowest BCUT2D eigenvalue weighted by atomic mass is 10.2. The van der Waals surface area contributed by atoms with Crippen LogP contribution in [0.5, 0.6) is 0 Å². The van der Waals surface area contributed by atoms with E-state index in [0.29, 0.717) is 0 Å². The van der Waals surface area contributed by atoms with Crippen LogP contribution in [0.1, 0.15) is 12.0 Å². The van der Waals surface area contributed by atoms with Crippen LogP contribution in [0.2, 0.25) is 0 Å². The van der Waals surface area contributed by atoms with Crippen LogP contribution in [-0.4, -0.2) is 38.3 Å². The quantitative estimate of drug-likeness (QED) is 0.808. The molecule has 0 aromatic heterocycles. The molecule has 20 heavy (non-hydrogen) atoms. The van der Waals surface area contributed by atoms with E-state index in [1.165, 1.54) is 22.5 Å². The van der Waals surface area contributed by atoms with Gasteiger partial charge in [0, 0.05) is 38.2 Å². The molecule has 1 heterocycles. The minimum atomic E-state index is -3.85. The molecule has 1 fully saturated rings. The number of carbonyl (C=O) groups excluding carboxylic acids is 1. The molecule has 0 unspecified atom stereocenters. The van der Waals surface area contributed by atoms with Gasteiger partial charge in [-0.3, -0.25) is 4.79 Å². The number of benzene rings is 1. The van der Waals surface area contributed by atoms with Crippen molar-refractivity contribution >= 4 is 15.9 Å². The molecule has 2 rings (SSSR count). The predicted molar refractivity (Wildman–Crippen MR) is 70.7 cm³/mol. The van der Waals surface area contributed by atoms with Gasteiger partial charge in [-0.1, -0.05) is 6.07 Å². The largest absolute Gasteiger partial charge is 0.355 e. The van der Waals surface area contributed by atoms with Gasteiger partial charge in [-0.05, 0) is 12.1 Å². The standard InChI is InChI=1S/C12H16FN3O3S/c13-10-2-1-3-11(9(10)8-14)20(18,19)16-6-4-12(17)15-5-7-16/h1-3H,4-8,14H2,(H,15,17). The maximum atomic E-state index is 13.7. The summed E-state index contributed by atoms with van der Waals surface area (Å²) in [7, 11) is -3.85. The highest BCUT2D eigenvalue weighted by molar-refractivity contribution is 7.89. The topological polar surface area (TPSA) is 92.5 Å². The van der Waals surface area contributed by atoms with E-state index in [1.807, 2.05) is 0 Å². The molecule has 0 spiro atoms. The number of sulfonamides is 1. The van der Waals surface area contributed by atoms with Crippen LogP contribution >= 0.6 is 0 Å². The van der Waals surface area contributed by atoms with Gasteiger partial charge in [0.1, 0.15) is 5.82 Å². The van der Waals surface area contributed by atoms with Crippen LogP contribution in [-0.2, 0) is 21.4 Å². The Balaban J connectivity index is 2.40. The lowest BCUT2D eigenvalue weighted by Crippen LogP contribution is -2.35. The molecule has 1 amide bonds. The first-order valence-corrected chi connectivity index (χ1v) is 7.65. The van der Waals surface area contributed by atoms with Gasteiger partial charge in [0.05, 0.1) is 4.90 Å². The molecular weight excluding hydrogens is 285 g/mol. The van der Waals surface area contributed by atoms with Gasteiger partial charge < -0.3 is 11.1 Å². The van der Waals surface area contributed by atoms with E-state index in [4.69, 9.17) is 5.73 Å². The van der Waals surface area contributed by atoms with Crippen LogP contribution in [0.4, 0.5) is 4.39 Å². The molecule has 1 aliphatic rings. The number of carbonyl (C=O) groups is 1. The number of nitrogens with two attached hydrogens (primary N) is 1. The zero-order valence-electron chi connectivity index (χ0n) is 10.8. The fourth-order valence-electron chi connectivity index (χ4n) is 2.10. The Kier molecular flexibility index (Phi) is 4.36. The summed E-state index contributed by atoms with van der Waals surface area (Å²) < 4.78 is 39.9. The van der Waals surface area contributed by atoms with Gasteiger partial charge in [0.15, 0.2) is 0 Å². The third-order valence-corrected chi connectivity index (χ3v) is 5.15. The van der Waals surface area contributed by atoms with Crippen LogP contribution in [0.25, 0.3) is 0 Å². The molecule has 0 atom stereocenters. The first-order valence-electron chi connectivity index (χ1n) is 6.21. The fraction of sp³-hybridized carbons (Fsp3) is 0.417.